The summed E-state index contributed by atoms with van der Waals surface area (Å²) in [5.41, 5.74) is 0. The van der Waals surface area contributed by atoms with Crippen molar-refractivity contribution in [1.82, 2.24) is 5.32 Å². The Morgan fingerprint density at radius 3 is 2.91 bits per heavy atom. The molecule has 0 bridgehead atoms. The molecule has 1 N–H and O–H groups in total. The van der Waals surface area contributed by atoms with Gasteiger partial charge in [-0.05, 0) is 19.1 Å². The third kappa shape index (κ3) is 2.99. The van der Waals surface area contributed by atoms with E-state index >= 15 is 0 Å². The Kier molecular flexibility index (Phi) is 3.52. The second kappa shape index (κ2) is 4.46. The van der Waals surface area contributed by atoms with Crippen LogP contribution in [0.3, 0.4) is 0 Å². The molecule has 2 nitrogen and oxygen atoms in total. The summed E-state index contributed by atoms with van der Waals surface area (Å²) in [6.45, 7) is 2.88. The van der Waals surface area contributed by atoms with Crippen molar-refractivity contribution >= 4 is 12.6 Å². The zero-order valence-electron chi connectivity index (χ0n) is 6.63. The van der Waals surface area contributed by atoms with Gasteiger partial charge in [0.05, 0.1) is 0 Å². The summed E-state index contributed by atoms with van der Waals surface area (Å²) in [4.78, 5) is 0. The van der Waals surface area contributed by atoms with Crippen LogP contribution in [-0.2, 0) is 6.42 Å². The van der Waals surface area contributed by atoms with Crippen LogP contribution in [0.5, 0.6) is 0 Å². The van der Waals surface area contributed by atoms with Gasteiger partial charge < -0.3 is 9.73 Å². The van der Waals surface area contributed by atoms with Crippen molar-refractivity contribution in [2.24, 2.45) is 0 Å². The Morgan fingerprint density at radius 1 is 1.55 bits per heavy atom. The molecule has 0 saturated carbocycles. The SMILES string of the molecule is Cc1ccc(CCNCS)o1. The first-order valence-electron chi connectivity index (χ1n) is 3.70. The van der Waals surface area contributed by atoms with Crippen molar-refractivity contribution in [3.05, 3.63) is 23.7 Å². The number of rotatable bonds is 4. The first kappa shape index (κ1) is 8.68. The van der Waals surface area contributed by atoms with Crippen LogP contribution in [-0.4, -0.2) is 12.4 Å². The highest BCUT2D eigenvalue weighted by molar-refractivity contribution is 7.80. The topological polar surface area (TPSA) is 25.2 Å². The van der Waals surface area contributed by atoms with Gasteiger partial charge in [0.25, 0.3) is 0 Å². The van der Waals surface area contributed by atoms with E-state index in [0.29, 0.717) is 0 Å². The molecule has 0 atom stereocenters. The minimum absolute atomic E-state index is 0.722. The fourth-order valence-electron chi connectivity index (χ4n) is 0.910. The average molecular weight is 171 g/mol. The summed E-state index contributed by atoms with van der Waals surface area (Å²) < 4.78 is 5.37. The van der Waals surface area contributed by atoms with E-state index in [4.69, 9.17) is 4.42 Å². The highest BCUT2D eigenvalue weighted by Gasteiger charge is 1.96. The lowest BCUT2D eigenvalue weighted by Gasteiger charge is -1.96. The second-order valence-corrected chi connectivity index (χ2v) is 2.74. The Balaban J connectivity index is 2.27. The molecule has 1 heterocycles. The molecule has 0 amide bonds. The van der Waals surface area contributed by atoms with Gasteiger partial charge in [0.15, 0.2) is 0 Å². The first-order chi connectivity index (χ1) is 5.33. The lowest BCUT2D eigenvalue weighted by atomic mass is 10.3. The van der Waals surface area contributed by atoms with Crippen LogP contribution in [0.4, 0.5) is 0 Å². The van der Waals surface area contributed by atoms with Gasteiger partial charge in [-0.3, -0.25) is 0 Å². The summed E-state index contributed by atoms with van der Waals surface area (Å²) >= 11 is 4.03. The van der Waals surface area contributed by atoms with Gasteiger partial charge in [0.1, 0.15) is 11.5 Å². The van der Waals surface area contributed by atoms with E-state index in [9.17, 15) is 0 Å². The normalized spacial score (nSPS) is 10.4. The van der Waals surface area contributed by atoms with Crippen molar-refractivity contribution in [3.8, 4) is 0 Å². The quantitative estimate of drug-likeness (QED) is 0.409. The third-order valence-electron chi connectivity index (χ3n) is 1.46. The number of nitrogens with one attached hydrogen (secondary N) is 1. The summed E-state index contributed by atoms with van der Waals surface area (Å²) in [6, 6.07) is 3.99. The number of hydrogen-bond acceptors (Lipinski definition) is 3. The molecule has 62 valence electrons. The van der Waals surface area contributed by atoms with Crippen LogP contribution in [0.2, 0.25) is 0 Å². The monoisotopic (exact) mass is 171 g/mol. The van der Waals surface area contributed by atoms with Crippen LogP contribution < -0.4 is 5.32 Å². The highest BCUT2D eigenvalue weighted by atomic mass is 32.1. The number of hydrogen-bond donors (Lipinski definition) is 2. The average Bonchev–Trinajstić information content (AvgIpc) is 2.37. The molecule has 1 aromatic heterocycles. The summed E-state index contributed by atoms with van der Waals surface area (Å²) in [7, 11) is 0. The van der Waals surface area contributed by atoms with E-state index in [1.165, 1.54) is 0 Å². The Labute approximate surface area is 72.4 Å². The van der Waals surface area contributed by atoms with Crippen molar-refractivity contribution in [2.75, 3.05) is 12.4 Å². The maximum Gasteiger partial charge on any atom is 0.105 e. The largest absolute Gasteiger partial charge is 0.466 e. The first-order valence-corrected chi connectivity index (χ1v) is 4.33. The third-order valence-corrected chi connectivity index (χ3v) is 1.68. The molecule has 0 aliphatic heterocycles. The molecule has 1 rings (SSSR count). The molecule has 0 saturated heterocycles. The number of furan rings is 1. The van der Waals surface area contributed by atoms with E-state index in [1.54, 1.807) is 0 Å². The van der Waals surface area contributed by atoms with E-state index in [2.05, 4.69) is 17.9 Å². The van der Waals surface area contributed by atoms with Crippen LogP contribution in [0.1, 0.15) is 11.5 Å². The van der Waals surface area contributed by atoms with E-state index < -0.39 is 0 Å². The molecule has 0 aliphatic rings. The zero-order valence-corrected chi connectivity index (χ0v) is 7.53. The standard InChI is InChI=1S/C8H13NOS/c1-7-2-3-8(10-7)4-5-9-6-11/h2-3,9,11H,4-6H2,1H3. The highest BCUT2D eigenvalue weighted by Crippen LogP contribution is 2.05. The summed E-state index contributed by atoms with van der Waals surface area (Å²) in [5, 5.41) is 3.11. The van der Waals surface area contributed by atoms with Gasteiger partial charge >= 0.3 is 0 Å². The Bertz CT molecular complexity index is 210. The van der Waals surface area contributed by atoms with Crippen LogP contribution in [0, 0.1) is 6.92 Å². The van der Waals surface area contributed by atoms with Crippen molar-refractivity contribution in [2.45, 2.75) is 13.3 Å². The van der Waals surface area contributed by atoms with E-state index in [0.717, 1.165) is 30.4 Å². The Morgan fingerprint density at radius 2 is 2.36 bits per heavy atom. The summed E-state index contributed by atoms with van der Waals surface area (Å²) in [5.74, 6) is 2.74. The second-order valence-electron chi connectivity index (χ2n) is 2.42. The minimum atomic E-state index is 0.722. The zero-order chi connectivity index (χ0) is 8.10. The van der Waals surface area contributed by atoms with E-state index in [1.807, 2.05) is 19.1 Å². The van der Waals surface area contributed by atoms with Crippen LogP contribution >= 0.6 is 12.6 Å². The molecular formula is C8H13NOS. The van der Waals surface area contributed by atoms with Crippen LogP contribution in [0.25, 0.3) is 0 Å². The lowest BCUT2D eigenvalue weighted by molar-refractivity contribution is 0.479. The number of thiol groups is 1. The Hall–Kier alpha value is -0.410. The molecule has 0 spiro atoms. The minimum Gasteiger partial charge on any atom is -0.466 e. The predicted molar refractivity (Wildman–Crippen MR) is 49.0 cm³/mol. The van der Waals surface area contributed by atoms with E-state index in [-0.39, 0.29) is 0 Å². The van der Waals surface area contributed by atoms with Crippen LogP contribution in [0.15, 0.2) is 16.5 Å². The fourth-order valence-corrected chi connectivity index (χ4v) is 1.07. The van der Waals surface area contributed by atoms with Gasteiger partial charge in [-0.25, -0.2) is 0 Å². The molecule has 0 unspecified atom stereocenters. The van der Waals surface area contributed by atoms with Crippen molar-refractivity contribution in [1.29, 1.82) is 0 Å². The maximum absolute atomic E-state index is 5.37. The molecule has 11 heavy (non-hydrogen) atoms. The fraction of sp³-hybridized carbons (Fsp3) is 0.500. The molecule has 0 fully saturated rings. The van der Waals surface area contributed by atoms with Gasteiger partial charge in [-0.1, -0.05) is 0 Å². The molecular weight excluding hydrogens is 158 g/mol. The molecule has 0 aliphatic carbocycles. The summed E-state index contributed by atoms with van der Waals surface area (Å²) in [6.07, 6.45) is 0.939. The molecule has 3 heteroatoms. The smallest absolute Gasteiger partial charge is 0.105 e. The predicted octanol–water partition coefficient (Wildman–Crippen LogP) is 1.61. The van der Waals surface area contributed by atoms with Gasteiger partial charge in [0.2, 0.25) is 0 Å². The molecule has 1 aromatic rings. The van der Waals surface area contributed by atoms with Gasteiger partial charge in [0, 0.05) is 18.8 Å². The number of aryl methyl sites for hydroxylation is 1. The maximum atomic E-state index is 5.37. The molecule has 0 aromatic carbocycles. The van der Waals surface area contributed by atoms with Gasteiger partial charge in [-0.15, -0.1) is 0 Å². The van der Waals surface area contributed by atoms with Crippen molar-refractivity contribution < 1.29 is 4.42 Å². The lowest BCUT2D eigenvalue weighted by Crippen LogP contribution is -2.14. The van der Waals surface area contributed by atoms with Crippen molar-refractivity contribution in [3.63, 3.8) is 0 Å². The van der Waals surface area contributed by atoms with Gasteiger partial charge in [-0.2, -0.15) is 12.6 Å². The molecule has 0 radical (unpaired) electrons.